The third kappa shape index (κ3) is 3.15. The molecule has 21 heavy (non-hydrogen) atoms. The van der Waals surface area contributed by atoms with Gasteiger partial charge in [0.1, 0.15) is 5.75 Å². The molecule has 2 aromatic rings. The maximum Gasteiger partial charge on any atom is 0.214 e. The lowest BCUT2D eigenvalue weighted by Gasteiger charge is -2.34. The van der Waals surface area contributed by atoms with Crippen LogP contribution in [0.15, 0.2) is 42.6 Å². The Labute approximate surface area is 124 Å². The standard InChI is InChI=1S/C17H19FN2O/c1-21-16-6-4-13(5-7-16)14-3-2-10-20(12-14)15-8-9-19-17(18)11-15/h4-9,11,14H,2-3,10,12H2,1H3. The molecule has 0 aliphatic carbocycles. The van der Waals surface area contributed by atoms with Crippen LogP contribution in [0.5, 0.6) is 5.75 Å². The maximum atomic E-state index is 13.3. The van der Waals surface area contributed by atoms with Gasteiger partial charge in [-0.25, -0.2) is 4.98 Å². The molecule has 1 aliphatic rings. The van der Waals surface area contributed by atoms with Crippen molar-refractivity contribution >= 4 is 5.69 Å². The van der Waals surface area contributed by atoms with Gasteiger partial charge < -0.3 is 9.64 Å². The molecule has 0 radical (unpaired) electrons. The van der Waals surface area contributed by atoms with E-state index in [1.165, 1.54) is 17.8 Å². The lowest BCUT2D eigenvalue weighted by molar-refractivity contribution is 0.414. The van der Waals surface area contributed by atoms with Crippen molar-refractivity contribution < 1.29 is 9.13 Å². The molecule has 0 saturated carbocycles. The molecular weight excluding hydrogens is 267 g/mol. The highest BCUT2D eigenvalue weighted by Gasteiger charge is 2.21. The average Bonchev–Trinajstić information content (AvgIpc) is 2.55. The Morgan fingerprint density at radius 3 is 2.76 bits per heavy atom. The summed E-state index contributed by atoms with van der Waals surface area (Å²) in [4.78, 5) is 5.86. The van der Waals surface area contributed by atoms with Gasteiger partial charge in [-0.1, -0.05) is 12.1 Å². The Morgan fingerprint density at radius 2 is 2.05 bits per heavy atom. The van der Waals surface area contributed by atoms with E-state index in [4.69, 9.17) is 4.74 Å². The molecule has 1 atom stereocenters. The SMILES string of the molecule is COc1ccc(C2CCCN(c3ccnc(F)c3)C2)cc1. The summed E-state index contributed by atoms with van der Waals surface area (Å²) in [6, 6.07) is 11.6. The minimum Gasteiger partial charge on any atom is -0.497 e. The Hall–Kier alpha value is -2.10. The second kappa shape index (κ2) is 6.12. The third-order valence-electron chi connectivity index (χ3n) is 4.08. The van der Waals surface area contributed by atoms with Crippen molar-refractivity contribution in [1.29, 1.82) is 0 Å². The minimum atomic E-state index is -0.418. The largest absolute Gasteiger partial charge is 0.497 e. The molecule has 1 aromatic heterocycles. The Bertz CT molecular complexity index is 600. The molecule has 1 aromatic carbocycles. The van der Waals surface area contributed by atoms with Crippen molar-refractivity contribution in [2.75, 3.05) is 25.1 Å². The number of hydrogen-bond donors (Lipinski definition) is 0. The number of aromatic nitrogens is 1. The predicted molar refractivity (Wildman–Crippen MR) is 81.4 cm³/mol. The first-order chi connectivity index (χ1) is 10.3. The number of benzene rings is 1. The van der Waals surface area contributed by atoms with Gasteiger partial charge in [0.05, 0.1) is 7.11 Å². The van der Waals surface area contributed by atoms with Crippen LogP contribution in [0.4, 0.5) is 10.1 Å². The molecule has 3 rings (SSSR count). The summed E-state index contributed by atoms with van der Waals surface area (Å²) < 4.78 is 18.5. The normalized spacial score (nSPS) is 18.6. The minimum absolute atomic E-state index is 0.418. The maximum absolute atomic E-state index is 13.3. The van der Waals surface area contributed by atoms with Crippen LogP contribution in [-0.4, -0.2) is 25.2 Å². The summed E-state index contributed by atoms with van der Waals surface area (Å²) in [6.07, 6.45) is 3.80. The van der Waals surface area contributed by atoms with E-state index in [1.54, 1.807) is 7.11 Å². The van der Waals surface area contributed by atoms with Gasteiger partial charge in [-0.2, -0.15) is 4.39 Å². The molecular formula is C17H19FN2O. The number of rotatable bonds is 3. The fourth-order valence-corrected chi connectivity index (χ4v) is 2.95. The topological polar surface area (TPSA) is 25.4 Å². The van der Waals surface area contributed by atoms with Crippen molar-refractivity contribution in [3.8, 4) is 5.75 Å². The van der Waals surface area contributed by atoms with Crippen molar-refractivity contribution in [2.45, 2.75) is 18.8 Å². The number of nitrogens with zero attached hydrogens (tertiary/aromatic N) is 2. The highest BCUT2D eigenvalue weighted by atomic mass is 19.1. The molecule has 0 bridgehead atoms. The molecule has 0 amide bonds. The molecule has 110 valence electrons. The molecule has 1 fully saturated rings. The Balaban J connectivity index is 1.75. The van der Waals surface area contributed by atoms with Crippen LogP contribution < -0.4 is 9.64 Å². The van der Waals surface area contributed by atoms with Crippen LogP contribution in [0.3, 0.4) is 0 Å². The molecule has 0 spiro atoms. The Kier molecular flexibility index (Phi) is 4.04. The van der Waals surface area contributed by atoms with E-state index in [0.29, 0.717) is 5.92 Å². The van der Waals surface area contributed by atoms with Gasteiger partial charge in [0.25, 0.3) is 0 Å². The number of ether oxygens (including phenoxy) is 1. The monoisotopic (exact) mass is 286 g/mol. The lowest BCUT2D eigenvalue weighted by Crippen LogP contribution is -2.34. The van der Waals surface area contributed by atoms with Crippen LogP contribution in [0, 0.1) is 5.95 Å². The van der Waals surface area contributed by atoms with E-state index in [2.05, 4.69) is 22.0 Å². The smallest absolute Gasteiger partial charge is 0.214 e. The van der Waals surface area contributed by atoms with E-state index in [1.807, 2.05) is 18.2 Å². The average molecular weight is 286 g/mol. The second-order valence-corrected chi connectivity index (χ2v) is 5.40. The predicted octanol–water partition coefficient (Wildman–Crippen LogP) is 3.61. The lowest BCUT2D eigenvalue weighted by atomic mass is 9.90. The van der Waals surface area contributed by atoms with Crippen LogP contribution in [0.1, 0.15) is 24.3 Å². The molecule has 1 unspecified atom stereocenters. The fraction of sp³-hybridized carbons (Fsp3) is 0.353. The molecule has 3 nitrogen and oxygen atoms in total. The van der Waals surface area contributed by atoms with Crippen LogP contribution in [-0.2, 0) is 0 Å². The quantitative estimate of drug-likeness (QED) is 0.806. The van der Waals surface area contributed by atoms with Crippen molar-refractivity contribution in [1.82, 2.24) is 4.98 Å². The molecule has 2 heterocycles. The number of methoxy groups -OCH3 is 1. The zero-order valence-corrected chi connectivity index (χ0v) is 12.1. The molecule has 1 saturated heterocycles. The second-order valence-electron chi connectivity index (χ2n) is 5.40. The van der Waals surface area contributed by atoms with Gasteiger partial charge in [0, 0.05) is 37.0 Å². The summed E-state index contributed by atoms with van der Waals surface area (Å²) >= 11 is 0. The number of piperidine rings is 1. The van der Waals surface area contributed by atoms with Crippen LogP contribution in [0.25, 0.3) is 0 Å². The fourth-order valence-electron chi connectivity index (χ4n) is 2.95. The number of halogens is 1. The molecule has 0 N–H and O–H groups in total. The third-order valence-corrected chi connectivity index (χ3v) is 4.08. The van der Waals surface area contributed by atoms with E-state index in [-0.39, 0.29) is 0 Å². The number of anilines is 1. The highest BCUT2D eigenvalue weighted by Crippen LogP contribution is 2.30. The molecule has 1 aliphatic heterocycles. The van der Waals surface area contributed by atoms with Crippen molar-refractivity contribution in [3.05, 3.63) is 54.1 Å². The zero-order valence-electron chi connectivity index (χ0n) is 12.1. The van der Waals surface area contributed by atoms with Crippen LogP contribution in [0.2, 0.25) is 0 Å². The Morgan fingerprint density at radius 1 is 1.24 bits per heavy atom. The van der Waals surface area contributed by atoms with Gasteiger partial charge in [0.15, 0.2) is 0 Å². The van der Waals surface area contributed by atoms with Gasteiger partial charge >= 0.3 is 0 Å². The first-order valence-electron chi connectivity index (χ1n) is 7.27. The first kappa shape index (κ1) is 13.9. The van der Waals surface area contributed by atoms with Crippen molar-refractivity contribution in [3.63, 3.8) is 0 Å². The summed E-state index contributed by atoms with van der Waals surface area (Å²) in [7, 11) is 1.68. The van der Waals surface area contributed by atoms with Crippen molar-refractivity contribution in [2.24, 2.45) is 0 Å². The summed E-state index contributed by atoms with van der Waals surface area (Å²) in [5, 5.41) is 0. The summed E-state index contributed by atoms with van der Waals surface area (Å²) in [5.74, 6) is 0.933. The van der Waals surface area contributed by atoms with E-state index in [0.717, 1.165) is 37.4 Å². The number of pyridine rings is 1. The highest BCUT2D eigenvalue weighted by molar-refractivity contribution is 5.46. The zero-order chi connectivity index (χ0) is 14.7. The summed E-state index contributed by atoms with van der Waals surface area (Å²) in [6.45, 7) is 1.88. The summed E-state index contributed by atoms with van der Waals surface area (Å²) in [5.41, 5.74) is 2.23. The van der Waals surface area contributed by atoms with Gasteiger partial charge in [-0.05, 0) is 36.6 Å². The first-order valence-corrected chi connectivity index (χ1v) is 7.27. The van der Waals surface area contributed by atoms with E-state index >= 15 is 0 Å². The van der Waals surface area contributed by atoms with E-state index in [9.17, 15) is 4.39 Å². The van der Waals surface area contributed by atoms with Gasteiger partial charge in [-0.15, -0.1) is 0 Å². The van der Waals surface area contributed by atoms with Gasteiger partial charge in [-0.3, -0.25) is 0 Å². The van der Waals surface area contributed by atoms with Crippen LogP contribution >= 0.6 is 0 Å². The van der Waals surface area contributed by atoms with E-state index < -0.39 is 5.95 Å². The molecule has 4 heteroatoms. The van der Waals surface area contributed by atoms with Gasteiger partial charge in [0.2, 0.25) is 5.95 Å². The number of hydrogen-bond acceptors (Lipinski definition) is 3.